The molecule has 4 aromatic rings. The molecule has 29 heavy (non-hydrogen) atoms. The molecule has 142 valence electrons. The van der Waals surface area contributed by atoms with Crippen LogP contribution in [0.2, 0.25) is 0 Å². The Morgan fingerprint density at radius 2 is 2.07 bits per heavy atom. The Kier molecular flexibility index (Phi) is 3.74. The van der Waals surface area contributed by atoms with Gasteiger partial charge in [-0.2, -0.15) is 10.4 Å². The highest BCUT2D eigenvalue weighted by Gasteiger charge is 2.23. The van der Waals surface area contributed by atoms with Crippen molar-refractivity contribution in [3.63, 3.8) is 0 Å². The Morgan fingerprint density at radius 1 is 1.21 bits per heavy atom. The fraction of sp³-hybridized carbons (Fsp3) is 0.0952. The van der Waals surface area contributed by atoms with Crippen LogP contribution in [-0.4, -0.2) is 29.1 Å². The third-order valence-electron chi connectivity index (χ3n) is 4.84. The van der Waals surface area contributed by atoms with E-state index in [9.17, 15) is 5.26 Å². The van der Waals surface area contributed by atoms with Crippen LogP contribution in [-0.2, 0) is 0 Å². The van der Waals surface area contributed by atoms with Gasteiger partial charge in [-0.15, -0.1) is 0 Å². The van der Waals surface area contributed by atoms with Crippen molar-refractivity contribution in [3.05, 3.63) is 48.0 Å². The number of methoxy groups -OCH3 is 1. The van der Waals surface area contributed by atoms with Crippen molar-refractivity contribution in [2.24, 2.45) is 0 Å². The summed E-state index contributed by atoms with van der Waals surface area (Å²) < 4.78 is 16.4. The summed E-state index contributed by atoms with van der Waals surface area (Å²) >= 11 is 0. The summed E-state index contributed by atoms with van der Waals surface area (Å²) in [4.78, 5) is 4.42. The fourth-order valence-electron chi connectivity index (χ4n) is 3.48. The number of H-pyrrole nitrogens is 1. The normalized spacial score (nSPS) is 12.1. The van der Waals surface area contributed by atoms with Gasteiger partial charge in [0.25, 0.3) is 0 Å². The lowest BCUT2D eigenvalue weighted by Crippen LogP contribution is -2.00. The van der Waals surface area contributed by atoms with E-state index in [1.165, 1.54) is 0 Å². The molecular weight excluding hydrogens is 370 g/mol. The van der Waals surface area contributed by atoms with Gasteiger partial charge in [0.15, 0.2) is 11.5 Å². The number of benzene rings is 2. The highest BCUT2D eigenvalue weighted by molar-refractivity contribution is 5.93. The number of pyridine rings is 1. The first-order valence-electron chi connectivity index (χ1n) is 8.81. The van der Waals surface area contributed by atoms with Crippen LogP contribution in [0.1, 0.15) is 5.56 Å². The van der Waals surface area contributed by atoms with Gasteiger partial charge in [-0.25, -0.2) is 4.98 Å². The molecule has 0 aliphatic carbocycles. The van der Waals surface area contributed by atoms with Crippen molar-refractivity contribution >= 4 is 16.7 Å². The lowest BCUT2D eigenvalue weighted by molar-refractivity contribution is 0.171. The number of hydrogen-bond acceptors (Lipinski definition) is 7. The third kappa shape index (κ3) is 2.60. The van der Waals surface area contributed by atoms with Crippen LogP contribution in [0.15, 0.2) is 42.5 Å². The second kappa shape index (κ2) is 6.42. The zero-order chi connectivity index (χ0) is 20.0. The van der Waals surface area contributed by atoms with Crippen molar-refractivity contribution in [3.8, 4) is 45.8 Å². The predicted molar refractivity (Wildman–Crippen MR) is 107 cm³/mol. The molecule has 8 nitrogen and oxygen atoms in total. The van der Waals surface area contributed by atoms with Crippen LogP contribution < -0.4 is 19.9 Å². The van der Waals surface area contributed by atoms with Crippen molar-refractivity contribution < 1.29 is 14.2 Å². The number of aromatic nitrogens is 3. The zero-order valence-electron chi connectivity index (χ0n) is 15.4. The molecule has 0 saturated carbocycles. The molecule has 0 radical (unpaired) electrons. The largest absolute Gasteiger partial charge is 0.493 e. The minimum atomic E-state index is 0.114. The highest BCUT2D eigenvalue weighted by atomic mass is 16.7. The smallest absolute Gasteiger partial charge is 0.231 e. The maximum atomic E-state index is 9.69. The van der Waals surface area contributed by atoms with E-state index in [0.29, 0.717) is 39.8 Å². The van der Waals surface area contributed by atoms with Crippen molar-refractivity contribution in [2.45, 2.75) is 0 Å². The van der Waals surface area contributed by atoms with E-state index < -0.39 is 0 Å². The van der Waals surface area contributed by atoms with Crippen LogP contribution >= 0.6 is 0 Å². The second-order valence-corrected chi connectivity index (χ2v) is 6.46. The van der Waals surface area contributed by atoms with E-state index >= 15 is 0 Å². The van der Waals surface area contributed by atoms with Crippen LogP contribution in [0.3, 0.4) is 0 Å². The topological polar surface area (TPSA) is 119 Å². The number of ether oxygens (including phenoxy) is 3. The molecule has 0 unspecified atom stereocenters. The molecule has 1 aliphatic heterocycles. The van der Waals surface area contributed by atoms with E-state index in [-0.39, 0.29) is 18.2 Å². The van der Waals surface area contributed by atoms with Gasteiger partial charge in [0.2, 0.25) is 12.5 Å². The monoisotopic (exact) mass is 385 g/mol. The summed E-state index contributed by atoms with van der Waals surface area (Å²) in [6, 6.07) is 15.3. The lowest BCUT2D eigenvalue weighted by atomic mass is 9.98. The maximum absolute atomic E-state index is 9.69. The standard InChI is InChI=1S/C21H15N5O3/c1-27-17-6-11(7-18-20(17)29-10-28-18)13-8-16(24-21(23)14(13)9-22)19-12-4-2-3-5-15(12)25-26-19/h2-8H,10H2,1H3,(H2,23,24)(H,25,26). The Morgan fingerprint density at radius 3 is 2.90 bits per heavy atom. The van der Waals surface area contributed by atoms with Gasteiger partial charge >= 0.3 is 0 Å². The Bertz CT molecular complexity index is 1310. The molecule has 0 atom stereocenters. The number of anilines is 1. The van der Waals surface area contributed by atoms with E-state index in [4.69, 9.17) is 19.9 Å². The van der Waals surface area contributed by atoms with Gasteiger partial charge < -0.3 is 19.9 Å². The first-order valence-corrected chi connectivity index (χ1v) is 8.81. The van der Waals surface area contributed by atoms with Crippen LogP contribution in [0, 0.1) is 11.3 Å². The van der Waals surface area contributed by atoms with Crippen molar-refractivity contribution in [1.82, 2.24) is 15.2 Å². The number of aromatic amines is 1. The molecule has 0 saturated heterocycles. The van der Waals surface area contributed by atoms with Crippen molar-refractivity contribution in [2.75, 3.05) is 19.6 Å². The second-order valence-electron chi connectivity index (χ2n) is 6.46. The number of rotatable bonds is 3. The van der Waals surface area contributed by atoms with Crippen LogP contribution in [0.25, 0.3) is 33.4 Å². The van der Waals surface area contributed by atoms with Crippen LogP contribution in [0.5, 0.6) is 17.2 Å². The SMILES string of the molecule is COc1cc(-c2cc(-c3n[nH]c4ccccc34)nc(N)c2C#N)cc2c1OCO2. The Balaban J connectivity index is 1.75. The average Bonchev–Trinajstić information content (AvgIpc) is 3.39. The molecule has 0 bridgehead atoms. The number of nitrogen functional groups attached to an aromatic ring is 1. The molecule has 1 aliphatic rings. The molecule has 0 fully saturated rings. The molecule has 2 aromatic carbocycles. The number of hydrogen-bond donors (Lipinski definition) is 2. The first-order chi connectivity index (χ1) is 14.2. The van der Waals surface area contributed by atoms with Gasteiger partial charge in [0.1, 0.15) is 23.1 Å². The first kappa shape index (κ1) is 16.9. The number of nitrogens with two attached hydrogens (primary N) is 1. The number of fused-ring (bicyclic) bond motifs is 2. The summed E-state index contributed by atoms with van der Waals surface area (Å²) in [5, 5.41) is 18.0. The minimum Gasteiger partial charge on any atom is -0.493 e. The van der Waals surface area contributed by atoms with Gasteiger partial charge in [-0.3, -0.25) is 5.10 Å². The van der Waals surface area contributed by atoms with E-state index in [1.54, 1.807) is 25.3 Å². The fourth-order valence-corrected chi connectivity index (χ4v) is 3.48. The Hall–Kier alpha value is -4.25. The highest BCUT2D eigenvalue weighted by Crippen LogP contribution is 2.45. The van der Waals surface area contributed by atoms with Crippen molar-refractivity contribution in [1.29, 1.82) is 5.26 Å². The predicted octanol–water partition coefficient (Wildman–Crippen LogP) is 3.48. The minimum absolute atomic E-state index is 0.114. The van der Waals surface area contributed by atoms with E-state index in [2.05, 4.69) is 21.3 Å². The molecule has 2 aromatic heterocycles. The molecule has 0 amide bonds. The van der Waals surface area contributed by atoms with Gasteiger partial charge in [-0.1, -0.05) is 18.2 Å². The van der Waals surface area contributed by atoms with Gasteiger partial charge in [0.05, 0.1) is 18.3 Å². The molecule has 0 spiro atoms. The molecular formula is C21H15N5O3. The summed E-state index contributed by atoms with van der Waals surface area (Å²) in [5.41, 5.74) is 9.84. The molecule has 3 N–H and O–H groups in total. The van der Waals surface area contributed by atoms with Crippen LogP contribution in [0.4, 0.5) is 5.82 Å². The van der Waals surface area contributed by atoms with E-state index in [0.717, 1.165) is 10.9 Å². The summed E-state index contributed by atoms with van der Waals surface area (Å²) in [5.74, 6) is 1.73. The quantitative estimate of drug-likeness (QED) is 0.554. The van der Waals surface area contributed by atoms with E-state index in [1.807, 2.05) is 24.3 Å². The number of nitrogens with zero attached hydrogens (tertiary/aromatic N) is 3. The maximum Gasteiger partial charge on any atom is 0.231 e. The third-order valence-corrected chi connectivity index (χ3v) is 4.84. The molecule has 8 heteroatoms. The summed E-state index contributed by atoms with van der Waals surface area (Å²) in [7, 11) is 1.55. The average molecular weight is 385 g/mol. The number of nitriles is 1. The number of nitrogens with one attached hydrogen (secondary N) is 1. The lowest BCUT2D eigenvalue weighted by Gasteiger charge is -2.12. The summed E-state index contributed by atoms with van der Waals surface area (Å²) in [6.07, 6.45) is 0. The van der Waals surface area contributed by atoms with Gasteiger partial charge in [0, 0.05) is 10.9 Å². The Labute approximate surface area is 165 Å². The van der Waals surface area contributed by atoms with Gasteiger partial charge in [-0.05, 0) is 29.8 Å². The number of para-hydroxylation sites is 1. The summed E-state index contributed by atoms with van der Waals surface area (Å²) in [6.45, 7) is 0.114. The zero-order valence-corrected chi connectivity index (χ0v) is 15.4. The molecule has 3 heterocycles. The molecule has 5 rings (SSSR count).